The molecule has 0 aromatic rings. The fourth-order valence-corrected chi connectivity index (χ4v) is 0.951. The number of rotatable bonds is 4. The molecule has 0 aliphatic rings. The van der Waals surface area contributed by atoms with E-state index in [0.717, 1.165) is 12.0 Å². The van der Waals surface area contributed by atoms with Crippen LogP contribution >= 0.6 is 0 Å². The van der Waals surface area contributed by atoms with Crippen LogP contribution in [-0.4, -0.2) is 0 Å². The van der Waals surface area contributed by atoms with Gasteiger partial charge in [-0.15, -0.1) is 0 Å². The maximum atomic E-state index is 8.47. The van der Waals surface area contributed by atoms with Gasteiger partial charge in [0.25, 0.3) is 0 Å². The Labute approximate surface area is 81.1 Å². The van der Waals surface area contributed by atoms with Gasteiger partial charge in [-0.3, -0.25) is 0 Å². The van der Waals surface area contributed by atoms with Gasteiger partial charge in [0.15, 0.2) is 0 Å². The zero-order valence-electron chi connectivity index (χ0n) is 8.62. The van der Waals surface area contributed by atoms with E-state index in [9.17, 15) is 0 Å². The van der Waals surface area contributed by atoms with Gasteiger partial charge in [0.2, 0.25) is 0 Å². The summed E-state index contributed by atoms with van der Waals surface area (Å²) in [4.78, 5) is 0. The Balaban J connectivity index is 3.83. The van der Waals surface area contributed by atoms with E-state index < -0.39 is 0 Å². The molecule has 0 bridgehead atoms. The normalized spacial score (nSPS) is 15.1. The van der Waals surface area contributed by atoms with E-state index in [-0.39, 0.29) is 0 Å². The molecule has 1 nitrogen and oxygen atoms in total. The first kappa shape index (κ1) is 11.7. The van der Waals surface area contributed by atoms with Crippen LogP contribution in [0.3, 0.4) is 0 Å². The lowest BCUT2D eigenvalue weighted by molar-refractivity contribution is 0.931. The number of hydrogen-bond acceptors (Lipinski definition) is 1. The molecule has 0 aromatic heterocycles. The third kappa shape index (κ3) is 7.08. The molecule has 13 heavy (non-hydrogen) atoms. The molecule has 0 aliphatic heterocycles. The van der Waals surface area contributed by atoms with Crippen LogP contribution in [0.2, 0.25) is 0 Å². The fraction of sp³-hybridized carbons (Fsp3) is 0.417. The molecule has 70 valence electrons. The highest BCUT2D eigenvalue weighted by atomic mass is 14.2. The quantitative estimate of drug-likeness (QED) is 0.473. The van der Waals surface area contributed by atoms with Gasteiger partial charge >= 0.3 is 0 Å². The van der Waals surface area contributed by atoms with Crippen molar-refractivity contribution < 1.29 is 0 Å². The number of hydrogen-bond donors (Lipinski definition) is 0. The summed E-state index contributed by atoms with van der Waals surface area (Å²) in [6, 6.07) is 2.09. The minimum absolute atomic E-state index is 0.487. The molecule has 1 atom stereocenters. The lowest BCUT2D eigenvalue weighted by Crippen LogP contribution is -1.80. The maximum absolute atomic E-state index is 8.47. The number of nitriles is 1. The molecule has 0 N–H and O–H groups in total. The van der Waals surface area contributed by atoms with Crippen molar-refractivity contribution in [1.82, 2.24) is 0 Å². The highest BCUT2D eigenvalue weighted by Gasteiger charge is 1.86. The van der Waals surface area contributed by atoms with Crippen LogP contribution in [0, 0.1) is 17.2 Å². The van der Waals surface area contributed by atoms with Crippen molar-refractivity contribution in [2.24, 2.45) is 5.92 Å². The molecule has 1 unspecified atom stereocenters. The van der Waals surface area contributed by atoms with Crippen LogP contribution in [0.4, 0.5) is 0 Å². The van der Waals surface area contributed by atoms with E-state index in [1.807, 2.05) is 26.0 Å². The Morgan fingerprint density at radius 3 is 2.69 bits per heavy atom. The molecular formula is C12H17N. The van der Waals surface area contributed by atoms with E-state index in [0.29, 0.717) is 5.92 Å². The zero-order chi connectivity index (χ0) is 10.1. The van der Waals surface area contributed by atoms with E-state index >= 15 is 0 Å². The Bertz CT molecular complexity index is 251. The fourth-order valence-electron chi connectivity index (χ4n) is 0.951. The van der Waals surface area contributed by atoms with Crippen LogP contribution in [0.1, 0.15) is 27.2 Å². The molecule has 0 aromatic carbocycles. The maximum Gasteiger partial charge on any atom is 0.0940 e. The second-order valence-corrected chi connectivity index (χ2v) is 3.05. The second kappa shape index (κ2) is 7.36. The van der Waals surface area contributed by atoms with Crippen molar-refractivity contribution in [3.63, 3.8) is 0 Å². The van der Waals surface area contributed by atoms with E-state index in [1.165, 1.54) is 0 Å². The molecule has 0 radical (unpaired) electrons. The summed E-state index contributed by atoms with van der Waals surface area (Å²) in [7, 11) is 0. The minimum Gasteiger partial charge on any atom is -0.193 e. The van der Waals surface area contributed by atoms with Gasteiger partial charge < -0.3 is 0 Å². The molecule has 0 saturated carbocycles. The minimum atomic E-state index is 0.487. The molecule has 1 heteroatoms. The highest BCUT2D eigenvalue weighted by Crippen LogP contribution is 2.01. The summed E-state index contributed by atoms with van der Waals surface area (Å²) >= 11 is 0. The van der Waals surface area contributed by atoms with Crippen LogP contribution < -0.4 is 0 Å². The van der Waals surface area contributed by atoms with E-state index in [4.69, 9.17) is 5.26 Å². The van der Waals surface area contributed by atoms with Crippen molar-refractivity contribution in [2.75, 3.05) is 0 Å². The Kier molecular flexibility index (Phi) is 6.63. The van der Waals surface area contributed by atoms with Gasteiger partial charge in [-0.25, -0.2) is 0 Å². The molecule has 0 saturated heterocycles. The Morgan fingerprint density at radius 2 is 2.15 bits per heavy atom. The predicted octanol–water partition coefficient (Wildman–Crippen LogP) is 3.61. The Hall–Kier alpha value is -1.29. The first-order chi connectivity index (χ1) is 6.20. The van der Waals surface area contributed by atoms with Crippen molar-refractivity contribution >= 4 is 0 Å². The van der Waals surface area contributed by atoms with Gasteiger partial charge in [-0.1, -0.05) is 37.3 Å². The number of nitrogens with zero attached hydrogens (tertiary/aromatic N) is 1. The van der Waals surface area contributed by atoms with E-state index in [2.05, 4.69) is 31.2 Å². The van der Waals surface area contributed by atoms with Crippen LogP contribution in [0.15, 0.2) is 36.0 Å². The summed E-state index contributed by atoms with van der Waals surface area (Å²) in [5.74, 6) is 0.487. The third-order valence-corrected chi connectivity index (χ3v) is 1.67. The van der Waals surface area contributed by atoms with Gasteiger partial charge in [0, 0.05) is 5.57 Å². The molecule has 0 fully saturated rings. The average Bonchev–Trinajstić information content (AvgIpc) is 2.12. The smallest absolute Gasteiger partial charge is 0.0940 e. The second-order valence-electron chi connectivity index (χ2n) is 3.05. The molecular weight excluding hydrogens is 158 g/mol. The first-order valence-electron chi connectivity index (χ1n) is 4.57. The summed E-state index contributed by atoms with van der Waals surface area (Å²) in [5, 5.41) is 8.47. The summed E-state index contributed by atoms with van der Waals surface area (Å²) < 4.78 is 0. The summed E-state index contributed by atoms with van der Waals surface area (Å²) in [6.45, 7) is 5.98. The van der Waals surface area contributed by atoms with Crippen LogP contribution in [0.5, 0.6) is 0 Å². The molecule has 0 heterocycles. The summed E-state index contributed by atoms with van der Waals surface area (Å²) in [5.41, 5.74) is 0.781. The lowest BCUT2D eigenvalue weighted by Gasteiger charge is -1.94. The van der Waals surface area contributed by atoms with Gasteiger partial charge in [0.1, 0.15) is 0 Å². The standard InChI is InChI=1S/C12H17N/c1-4-7-11(2)8-5-6-9-12(3)10-13/h4-5,7-9,11H,6H2,1-3H3/b7-4-,8-5?,12-9+. The van der Waals surface area contributed by atoms with Crippen LogP contribution in [0.25, 0.3) is 0 Å². The predicted molar refractivity (Wildman–Crippen MR) is 57.1 cm³/mol. The third-order valence-electron chi connectivity index (χ3n) is 1.67. The largest absolute Gasteiger partial charge is 0.193 e. The topological polar surface area (TPSA) is 23.8 Å². The van der Waals surface area contributed by atoms with Crippen LogP contribution in [-0.2, 0) is 0 Å². The Morgan fingerprint density at radius 1 is 1.46 bits per heavy atom. The molecule has 0 aliphatic carbocycles. The SMILES string of the molecule is C/C=C\C(C)C=CC/C=C(\C)C#N. The van der Waals surface area contributed by atoms with Crippen molar-refractivity contribution in [1.29, 1.82) is 5.26 Å². The molecule has 0 spiro atoms. The zero-order valence-corrected chi connectivity index (χ0v) is 8.62. The van der Waals surface area contributed by atoms with Crippen molar-refractivity contribution in [3.8, 4) is 6.07 Å². The average molecular weight is 175 g/mol. The monoisotopic (exact) mass is 175 g/mol. The number of allylic oxidation sites excluding steroid dienone is 6. The highest BCUT2D eigenvalue weighted by molar-refractivity contribution is 5.18. The molecule has 0 amide bonds. The van der Waals surface area contributed by atoms with Crippen molar-refractivity contribution in [2.45, 2.75) is 27.2 Å². The lowest BCUT2D eigenvalue weighted by atomic mass is 10.1. The van der Waals surface area contributed by atoms with E-state index in [1.54, 1.807) is 0 Å². The summed E-state index contributed by atoms with van der Waals surface area (Å²) in [6.07, 6.45) is 11.2. The van der Waals surface area contributed by atoms with Gasteiger partial charge in [-0.05, 0) is 26.2 Å². The van der Waals surface area contributed by atoms with Gasteiger partial charge in [-0.2, -0.15) is 5.26 Å². The van der Waals surface area contributed by atoms with Gasteiger partial charge in [0.05, 0.1) is 6.07 Å². The first-order valence-corrected chi connectivity index (χ1v) is 4.57. The molecule has 0 rings (SSSR count). The van der Waals surface area contributed by atoms with Crippen molar-refractivity contribution in [3.05, 3.63) is 36.0 Å².